The number of para-hydroxylation sites is 1. The van der Waals surface area contributed by atoms with Crippen LogP contribution in [0, 0.1) is 0 Å². The van der Waals surface area contributed by atoms with Gasteiger partial charge in [-0.25, -0.2) is 9.78 Å². The van der Waals surface area contributed by atoms with Crippen LogP contribution >= 0.6 is 0 Å². The predicted molar refractivity (Wildman–Crippen MR) is 112 cm³/mol. The topological polar surface area (TPSA) is 73.7 Å². The van der Waals surface area contributed by atoms with Crippen LogP contribution in [-0.4, -0.2) is 57.9 Å². The summed E-state index contributed by atoms with van der Waals surface area (Å²) in [7, 11) is 0. The van der Waals surface area contributed by atoms with Crippen molar-refractivity contribution in [3.8, 4) is 11.3 Å². The number of amides is 1. The summed E-state index contributed by atoms with van der Waals surface area (Å²) >= 11 is 0. The summed E-state index contributed by atoms with van der Waals surface area (Å²) in [6.45, 7) is 4.78. The van der Waals surface area contributed by atoms with Crippen LogP contribution in [0.5, 0.6) is 0 Å². The highest BCUT2D eigenvalue weighted by atomic mass is 16.4. The molecule has 0 unspecified atom stereocenters. The van der Waals surface area contributed by atoms with Gasteiger partial charge in [-0.15, -0.1) is 0 Å². The maximum Gasteiger partial charge on any atom is 0.336 e. The van der Waals surface area contributed by atoms with Crippen LogP contribution in [0.25, 0.3) is 22.2 Å². The van der Waals surface area contributed by atoms with Gasteiger partial charge in [-0.05, 0) is 6.07 Å². The zero-order chi connectivity index (χ0) is 20.4. The normalized spacial score (nSPS) is 14.9. The van der Waals surface area contributed by atoms with E-state index in [4.69, 9.17) is 4.98 Å². The van der Waals surface area contributed by atoms with Crippen molar-refractivity contribution in [2.75, 3.05) is 26.2 Å². The van der Waals surface area contributed by atoms with E-state index in [0.717, 1.165) is 11.1 Å². The first kappa shape index (κ1) is 19.1. The molecule has 3 aromatic rings. The van der Waals surface area contributed by atoms with Crippen LogP contribution in [0.15, 0.2) is 54.6 Å². The Labute approximate surface area is 169 Å². The molecule has 0 spiro atoms. The summed E-state index contributed by atoms with van der Waals surface area (Å²) in [4.78, 5) is 32.8. The molecule has 6 heteroatoms. The van der Waals surface area contributed by atoms with Gasteiger partial charge in [-0.2, -0.15) is 0 Å². The third-order valence-corrected chi connectivity index (χ3v) is 5.45. The van der Waals surface area contributed by atoms with E-state index in [-0.39, 0.29) is 5.91 Å². The van der Waals surface area contributed by atoms with Gasteiger partial charge in [0.1, 0.15) is 0 Å². The third kappa shape index (κ3) is 3.84. The molecule has 1 aromatic heterocycles. The van der Waals surface area contributed by atoms with Crippen molar-refractivity contribution in [1.29, 1.82) is 0 Å². The second kappa shape index (κ2) is 8.01. The molecule has 29 heavy (non-hydrogen) atoms. The lowest BCUT2D eigenvalue weighted by Gasteiger charge is -2.34. The zero-order valence-corrected chi connectivity index (χ0v) is 16.3. The van der Waals surface area contributed by atoms with Crippen LogP contribution < -0.4 is 0 Å². The number of piperazine rings is 1. The smallest absolute Gasteiger partial charge is 0.336 e. The first-order valence-corrected chi connectivity index (χ1v) is 9.73. The molecule has 6 nitrogen and oxygen atoms in total. The molecule has 1 aliphatic heterocycles. The minimum absolute atomic E-state index is 0.0771. The zero-order valence-electron chi connectivity index (χ0n) is 16.3. The Bertz CT molecular complexity index is 1060. The monoisotopic (exact) mass is 389 g/mol. The Morgan fingerprint density at radius 2 is 1.62 bits per heavy atom. The average Bonchev–Trinajstić information content (AvgIpc) is 2.74. The van der Waals surface area contributed by atoms with E-state index in [9.17, 15) is 14.7 Å². The van der Waals surface area contributed by atoms with E-state index in [1.54, 1.807) is 6.92 Å². The van der Waals surface area contributed by atoms with Crippen molar-refractivity contribution >= 4 is 22.8 Å². The van der Waals surface area contributed by atoms with Gasteiger partial charge in [0.25, 0.3) is 0 Å². The van der Waals surface area contributed by atoms with E-state index in [1.165, 1.54) is 0 Å². The lowest BCUT2D eigenvalue weighted by Crippen LogP contribution is -2.47. The van der Waals surface area contributed by atoms with Crippen molar-refractivity contribution in [1.82, 2.24) is 14.8 Å². The number of aromatic nitrogens is 1. The maximum absolute atomic E-state index is 12.3. The summed E-state index contributed by atoms with van der Waals surface area (Å²) in [5, 5.41) is 10.7. The minimum atomic E-state index is -0.946. The van der Waals surface area contributed by atoms with Crippen LogP contribution in [0.3, 0.4) is 0 Å². The fourth-order valence-corrected chi connectivity index (χ4v) is 3.93. The lowest BCUT2D eigenvalue weighted by molar-refractivity contribution is -0.130. The fourth-order valence-electron chi connectivity index (χ4n) is 3.93. The lowest BCUT2D eigenvalue weighted by atomic mass is 9.96. The van der Waals surface area contributed by atoms with E-state index in [0.29, 0.717) is 54.9 Å². The van der Waals surface area contributed by atoms with Crippen LogP contribution in [0.2, 0.25) is 0 Å². The second-order valence-corrected chi connectivity index (χ2v) is 7.28. The number of fused-ring (bicyclic) bond motifs is 1. The van der Waals surface area contributed by atoms with Gasteiger partial charge in [0, 0.05) is 56.2 Å². The van der Waals surface area contributed by atoms with Crippen LogP contribution in [-0.2, 0) is 11.3 Å². The second-order valence-electron chi connectivity index (χ2n) is 7.28. The average molecular weight is 389 g/mol. The molecule has 2 aromatic carbocycles. The van der Waals surface area contributed by atoms with Gasteiger partial charge in [-0.1, -0.05) is 48.5 Å². The summed E-state index contributed by atoms with van der Waals surface area (Å²) in [5.74, 6) is -0.869. The molecule has 0 aliphatic carbocycles. The number of hydrogen-bond donors (Lipinski definition) is 1. The molecule has 1 amide bonds. The summed E-state index contributed by atoms with van der Waals surface area (Å²) in [5.41, 5.74) is 3.31. The molecule has 1 fully saturated rings. The van der Waals surface area contributed by atoms with Crippen molar-refractivity contribution in [2.45, 2.75) is 13.5 Å². The van der Waals surface area contributed by atoms with E-state index < -0.39 is 5.97 Å². The van der Waals surface area contributed by atoms with Crippen molar-refractivity contribution < 1.29 is 14.7 Å². The quantitative estimate of drug-likeness (QED) is 0.741. The highest BCUT2D eigenvalue weighted by molar-refractivity contribution is 6.05. The molecule has 0 saturated carbocycles. The molecular formula is C23H23N3O3. The van der Waals surface area contributed by atoms with Gasteiger partial charge < -0.3 is 10.0 Å². The largest absolute Gasteiger partial charge is 0.478 e. The molecule has 1 N–H and O–H groups in total. The number of carboxylic acid groups (broad SMARTS) is 1. The Morgan fingerprint density at radius 3 is 2.28 bits per heavy atom. The minimum Gasteiger partial charge on any atom is -0.478 e. The van der Waals surface area contributed by atoms with Gasteiger partial charge in [-0.3, -0.25) is 9.69 Å². The van der Waals surface area contributed by atoms with Crippen LogP contribution in [0.1, 0.15) is 22.8 Å². The number of carbonyl (C=O) groups is 2. The Balaban J connectivity index is 1.81. The molecule has 4 rings (SSSR count). The summed E-state index contributed by atoms with van der Waals surface area (Å²) < 4.78 is 0. The third-order valence-electron chi connectivity index (χ3n) is 5.45. The van der Waals surface area contributed by atoms with E-state index in [2.05, 4.69) is 4.90 Å². The Morgan fingerprint density at radius 1 is 0.966 bits per heavy atom. The molecular weight excluding hydrogens is 366 g/mol. The number of benzene rings is 2. The number of aromatic carboxylic acids is 1. The number of carboxylic acids is 1. The van der Waals surface area contributed by atoms with Gasteiger partial charge >= 0.3 is 5.97 Å². The standard InChI is InChI=1S/C23H23N3O3/c1-16(27)26-13-11-25(12-14-26)15-19-21(23(28)29)18-9-5-6-10-20(18)24-22(19)17-7-3-2-4-8-17/h2-10H,11-15H2,1H3,(H,28,29). The maximum atomic E-state index is 12.3. The van der Waals surface area contributed by atoms with Crippen molar-refractivity contribution in [3.05, 3.63) is 65.7 Å². The van der Waals surface area contributed by atoms with Crippen LogP contribution in [0.4, 0.5) is 0 Å². The number of nitrogens with zero attached hydrogens (tertiary/aromatic N) is 3. The molecule has 0 radical (unpaired) electrons. The first-order valence-electron chi connectivity index (χ1n) is 9.73. The number of rotatable bonds is 4. The summed E-state index contributed by atoms with van der Waals surface area (Å²) in [6, 6.07) is 17.1. The highest BCUT2D eigenvalue weighted by Gasteiger charge is 2.25. The molecule has 1 saturated heterocycles. The van der Waals surface area contributed by atoms with Crippen molar-refractivity contribution in [3.63, 3.8) is 0 Å². The van der Waals surface area contributed by atoms with E-state index >= 15 is 0 Å². The number of hydrogen-bond acceptors (Lipinski definition) is 4. The van der Waals surface area contributed by atoms with Gasteiger partial charge in [0.05, 0.1) is 16.8 Å². The fraction of sp³-hybridized carbons (Fsp3) is 0.261. The molecule has 1 aliphatic rings. The summed E-state index contributed by atoms with van der Waals surface area (Å²) in [6.07, 6.45) is 0. The van der Waals surface area contributed by atoms with Gasteiger partial charge in [0.2, 0.25) is 5.91 Å². The molecule has 148 valence electrons. The van der Waals surface area contributed by atoms with E-state index in [1.807, 2.05) is 59.5 Å². The van der Waals surface area contributed by atoms with Gasteiger partial charge in [0.15, 0.2) is 0 Å². The molecule has 0 atom stereocenters. The Hall–Kier alpha value is -3.25. The predicted octanol–water partition coefficient (Wildman–Crippen LogP) is 3.26. The number of pyridine rings is 1. The highest BCUT2D eigenvalue weighted by Crippen LogP contribution is 2.31. The number of carbonyl (C=O) groups excluding carboxylic acids is 1. The van der Waals surface area contributed by atoms with Crippen molar-refractivity contribution in [2.24, 2.45) is 0 Å². The molecule has 2 heterocycles. The molecule has 0 bridgehead atoms. The Kier molecular flexibility index (Phi) is 5.27. The first-order chi connectivity index (χ1) is 14.0. The SMILES string of the molecule is CC(=O)N1CCN(Cc2c(-c3ccccc3)nc3ccccc3c2C(=O)O)CC1.